The number of hydrogen-bond acceptors (Lipinski definition) is 3. The fourth-order valence-electron chi connectivity index (χ4n) is 4.01. The third-order valence-corrected chi connectivity index (χ3v) is 5.53. The summed E-state index contributed by atoms with van der Waals surface area (Å²) < 4.78 is 0. The summed E-state index contributed by atoms with van der Waals surface area (Å²) in [5, 5.41) is 17.9. The summed E-state index contributed by atoms with van der Waals surface area (Å²) in [5.74, 6) is 0.448. The smallest absolute Gasteiger partial charge is 0.155 e. The predicted octanol–water partition coefficient (Wildman–Crippen LogP) is 4.60. The number of H-pyrrole nitrogens is 1. The molecule has 1 atom stereocenters. The Labute approximate surface area is 141 Å². The number of rotatable bonds is 3. The molecular formula is C20H20N4. The maximum Gasteiger partial charge on any atom is 0.155 e. The largest absolute Gasteiger partial charge is 0.261 e. The minimum absolute atomic E-state index is 0.422. The molecule has 1 unspecified atom stereocenters. The molecule has 0 amide bonds. The first-order valence-corrected chi connectivity index (χ1v) is 8.52. The molecule has 24 heavy (non-hydrogen) atoms. The van der Waals surface area contributed by atoms with E-state index >= 15 is 0 Å². The van der Waals surface area contributed by atoms with Crippen molar-refractivity contribution < 1.29 is 0 Å². The van der Waals surface area contributed by atoms with Gasteiger partial charge in [0.15, 0.2) is 5.65 Å². The van der Waals surface area contributed by atoms with Gasteiger partial charge in [-0.3, -0.25) is 5.10 Å². The van der Waals surface area contributed by atoms with Crippen LogP contribution in [0.25, 0.3) is 22.2 Å². The quantitative estimate of drug-likeness (QED) is 0.768. The number of nitrogens with zero attached hydrogens (tertiary/aromatic N) is 3. The maximum absolute atomic E-state index is 9.92. The SMILES string of the molecule is CC(C#N)(c1cccc(-c2ccnc3[nH]ncc23)c1)C1CCCC1. The highest BCUT2D eigenvalue weighted by Crippen LogP contribution is 2.42. The molecule has 2 aromatic heterocycles. The van der Waals surface area contributed by atoms with Crippen LogP contribution in [0.3, 0.4) is 0 Å². The molecule has 2 heterocycles. The Balaban J connectivity index is 1.82. The first-order valence-electron chi connectivity index (χ1n) is 8.52. The highest BCUT2D eigenvalue weighted by molar-refractivity contribution is 5.92. The van der Waals surface area contributed by atoms with E-state index in [1.54, 1.807) is 6.20 Å². The average molecular weight is 316 g/mol. The number of nitrogens with one attached hydrogen (secondary N) is 1. The molecule has 0 aliphatic heterocycles. The highest BCUT2D eigenvalue weighted by atomic mass is 15.1. The van der Waals surface area contributed by atoms with Crippen LogP contribution in [0.15, 0.2) is 42.7 Å². The van der Waals surface area contributed by atoms with E-state index in [-0.39, 0.29) is 0 Å². The molecule has 120 valence electrons. The van der Waals surface area contributed by atoms with Crippen molar-refractivity contribution in [2.75, 3.05) is 0 Å². The lowest BCUT2D eigenvalue weighted by molar-refractivity contribution is 0.375. The molecule has 3 aromatic rings. The van der Waals surface area contributed by atoms with Crippen LogP contribution in [0.5, 0.6) is 0 Å². The van der Waals surface area contributed by atoms with Gasteiger partial charge in [0.1, 0.15) is 0 Å². The lowest BCUT2D eigenvalue weighted by Crippen LogP contribution is -2.28. The number of aromatic nitrogens is 3. The average Bonchev–Trinajstić information content (AvgIpc) is 3.32. The van der Waals surface area contributed by atoms with Gasteiger partial charge in [0.25, 0.3) is 0 Å². The van der Waals surface area contributed by atoms with Gasteiger partial charge in [0.05, 0.1) is 17.7 Å². The lowest BCUT2D eigenvalue weighted by atomic mass is 9.71. The summed E-state index contributed by atoms with van der Waals surface area (Å²) in [5.41, 5.74) is 3.69. The standard InChI is InChI=1S/C20H20N4/c1-20(13-21,15-6-2-3-7-15)16-8-4-5-14(11-16)17-9-10-22-19-18(17)12-23-24-19/h4-5,8-12,15H,2-3,6-7H2,1H3,(H,22,23,24). The van der Waals surface area contributed by atoms with Gasteiger partial charge in [0, 0.05) is 11.6 Å². The molecule has 1 saturated carbocycles. The normalized spacial score (nSPS) is 17.7. The molecule has 4 nitrogen and oxygen atoms in total. The zero-order chi connectivity index (χ0) is 16.6. The number of hydrogen-bond donors (Lipinski definition) is 1. The van der Waals surface area contributed by atoms with E-state index in [2.05, 4.69) is 52.4 Å². The van der Waals surface area contributed by atoms with Crippen LogP contribution >= 0.6 is 0 Å². The van der Waals surface area contributed by atoms with E-state index in [1.807, 2.05) is 12.3 Å². The molecule has 4 heteroatoms. The Kier molecular flexibility index (Phi) is 3.57. The molecule has 1 aliphatic carbocycles. The van der Waals surface area contributed by atoms with Crippen LogP contribution < -0.4 is 0 Å². The van der Waals surface area contributed by atoms with Gasteiger partial charge >= 0.3 is 0 Å². The zero-order valence-corrected chi connectivity index (χ0v) is 13.8. The summed E-state index contributed by atoms with van der Waals surface area (Å²) in [7, 11) is 0. The summed E-state index contributed by atoms with van der Waals surface area (Å²) in [6.45, 7) is 2.10. The Hall–Kier alpha value is -2.67. The first kappa shape index (κ1) is 14.9. The van der Waals surface area contributed by atoms with Gasteiger partial charge in [-0.25, -0.2) is 4.98 Å². The molecule has 1 aromatic carbocycles. The van der Waals surface area contributed by atoms with Gasteiger partial charge in [-0.1, -0.05) is 31.0 Å². The molecule has 4 rings (SSSR count). The fourth-order valence-corrected chi connectivity index (χ4v) is 4.01. The van der Waals surface area contributed by atoms with Crippen LogP contribution in [0.4, 0.5) is 0 Å². The number of aromatic amines is 1. The minimum atomic E-state index is -0.422. The van der Waals surface area contributed by atoms with Crippen molar-refractivity contribution in [1.82, 2.24) is 15.2 Å². The van der Waals surface area contributed by atoms with Crippen molar-refractivity contribution in [3.63, 3.8) is 0 Å². The Morgan fingerprint density at radius 2 is 2.08 bits per heavy atom. The van der Waals surface area contributed by atoms with Crippen LogP contribution in [0.1, 0.15) is 38.2 Å². The number of nitriles is 1. The first-order chi connectivity index (χ1) is 11.7. The zero-order valence-electron chi connectivity index (χ0n) is 13.8. The summed E-state index contributed by atoms with van der Waals surface area (Å²) in [4.78, 5) is 4.31. The topological polar surface area (TPSA) is 65.4 Å². The molecular weight excluding hydrogens is 296 g/mol. The molecule has 0 radical (unpaired) electrons. The lowest BCUT2D eigenvalue weighted by Gasteiger charge is -2.29. The van der Waals surface area contributed by atoms with Gasteiger partial charge in [-0.05, 0) is 54.5 Å². The second-order valence-corrected chi connectivity index (χ2v) is 6.87. The third-order valence-electron chi connectivity index (χ3n) is 5.53. The minimum Gasteiger partial charge on any atom is -0.261 e. The Morgan fingerprint density at radius 1 is 1.25 bits per heavy atom. The van der Waals surface area contributed by atoms with E-state index in [0.717, 1.165) is 40.6 Å². The Bertz CT molecular complexity index is 915. The van der Waals surface area contributed by atoms with E-state index < -0.39 is 5.41 Å². The molecule has 1 fully saturated rings. The predicted molar refractivity (Wildman–Crippen MR) is 94.2 cm³/mol. The molecule has 0 bridgehead atoms. The van der Waals surface area contributed by atoms with Crippen molar-refractivity contribution in [1.29, 1.82) is 5.26 Å². The van der Waals surface area contributed by atoms with Gasteiger partial charge in [0.2, 0.25) is 0 Å². The molecule has 1 N–H and O–H groups in total. The molecule has 1 aliphatic rings. The van der Waals surface area contributed by atoms with Gasteiger partial charge in [-0.2, -0.15) is 10.4 Å². The fraction of sp³-hybridized carbons (Fsp3) is 0.350. The second-order valence-electron chi connectivity index (χ2n) is 6.87. The van der Waals surface area contributed by atoms with Gasteiger partial charge in [-0.15, -0.1) is 0 Å². The van der Waals surface area contributed by atoms with Crippen LogP contribution in [0.2, 0.25) is 0 Å². The molecule has 0 spiro atoms. The second kappa shape index (κ2) is 5.76. The number of fused-ring (bicyclic) bond motifs is 1. The van der Waals surface area contributed by atoms with Crippen LogP contribution in [0, 0.1) is 17.2 Å². The van der Waals surface area contributed by atoms with Crippen molar-refractivity contribution in [3.05, 3.63) is 48.3 Å². The van der Waals surface area contributed by atoms with E-state index in [4.69, 9.17) is 0 Å². The summed E-state index contributed by atoms with van der Waals surface area (Å²) >= 11 is 0. The van der Waals surface area contributed by atoms with Crippen molar-refractivity contribution in [2.45, 2.75) is 38.0 Å². The third kappa shape index (κ3) is 2.28. The van der Waals surface area contributed by atoms with Crippen molar-refractivity contribution in [2.24, 2.45) is 5.92 Å². The summed E-state index contributed by atoms with van der Waals surface area (Å²) in [6, 6.07) is 13.0. The number of pyridine rings is 1. The van der Waals surface area contributed by atoms with Crippen LogP contribution in [-0.2, 0) is 5.41 Å². The number of benzene rings is 1. The van der Waals surface area contributed by atoms with Crippen molar-refractivity contribution in [3.8, 4) is 17.2 Å². The molecule has 0 saturated heterocycles. The monoisotopic (exact) mass is 316 g/mol. The Morgan fingerprint density at radius 3 is 2.88 bits per heavy atom. The van der Waals surface area contributed by atoms with Crippen LogP contribution in [-0.4, -0.2) is 15.2 Å². The van der Waals surface area contributed by atoms with E-state index in [1.165, 1.54) is 12.8 Å². The van der Waals surface area contributed by atoms with E-state index in [0.29, 0.717) is 5.92 Å². The maximum atomic E-state index is 9.92. The van der Waals surface area contributed by atoms with E-state index in [9.17, 15) is 5.26 Å². The van der Waals surface area contributed by atoms with Gasteiger partial charge < -0.3 is 0 Å². The summed E-state index contributed by atoms with van der Waals surface area (Å²) in [6.07, 6.45) is 8.38. The van der Waals surface area contributed by atoms with Crippen molar-refractivity contribution >= 4 is 11.0 Å². The highest BCUT2D eigenvalue weighted by Gasteiger charge is 2.37.